The molecule has 0 atom stereocenters. The number of carbonyl (C=O) groups is 1. The molecule has 0 N–H and O–H groups in total. The summed E-state index contributed by atoms with van der Waals surface area (Å²) >= 11 is 0. The molecule has 0 saturated heterocycles. The van der Waals surface area contributed by atoms with Crippen molar-refractivity contribution in [1.29, 1.82) is 0 Å². The summed E-state index contributed by atoms with van der Waals surface area (Å²) in [6.07, 6.45) is -12.0. The normalized spacial score (nSPS) is 16.7. The van der Waals surface area contributed by atoms with Crippen LogP contribution in [-0.2, 0) is 4.84 Å². The molecule has 0 saturated carbocycles. The van der Waals surface area contributed by atoms with Gasteiger partial charge in [-0.1, -0.05) is 53.7 Å². The molecule has 0 aromatic heterocycles. The standard InChI is InChI=1S/C17H10F6N2O2/c18-16(19,20)15(17(21,22)23)25(14(26)12-9-5-2-6-10-12)13(24-27-15)11-7-3-1-4-8-11/h1-10H. The van der Waals surface area contributed by atoms with E-state index in [9.17, 15) is 31.1 Å². The first-order valence-electron chi connectivity index (χ1n) is 7.44. The number of oxime groups is 1. The SMILES string of the molecule is O=C(c1ccccc1)N1C(c2ccccc2)=NOC1(C(F)(F)F)C(F)(F)F. The Bertz CT molecular complexity index is 848. The molecule has 0 spiro atoms. The Balaban J connectivity index is 2.23. The lowest BCUT2D eigenvalue weighted by Crippen LogP contribution is -2.68. The quantitative estimate of drug-likeness (QED) is 0.719. The number of amides is 1. The number of nitrogens with zero attached hydrogens (tertiary/aromatic N) is 2. The maximum absolute atomic E-state index is 13.6. The second kappa shape index (κ2) is 6.29. The van der Waals surface area contributed by atoms with Crippen LogP contribution in [0, 0.1) is 0 Å². The molecule has 1 aliphatic rings. The van der Waals surface area contributed by atoms with Crippen molar-refractivity contribution in [2.24, 2.45) is 5.16 Å². The van der Waals surface area contributed by atoms with Crippen LogP contribution in [0.15, 0.2) is 65.8 Å². The topological polar surface area (TPSA) is 41.9 Å². The van der Waals surface area contributed by atoms with Gasteiger partial charge in [0.2, 0.25) is 0 Å². The highest BCUT2D eigenvalue weighted by Gasteiger charge is 2.82. The van der Waals surface area contributed by atoms with Crippen LogP contribution in [0.1, 0.15) is 15.9 Å². The van der Waals surface area contributed by atoms with Crippen LogP contribution < -0.4 is 0 Å². The Kier molecular flexibility index (Phi) is 4.37. The van der Waals surface area contributed by atoms with E-state index in [1.54, 1.807) is 0 Å². The molecule has 1 aliphatic heterocycles. The Labute approximate surface area is 148 Å². The molecule has 3 rings (SSSR count). The molecule has 0 bridgehead atoms. The van der Waals surface area contributed by atoms with Gasteiger partial charge in [0.05, 0.1) is 0 Å². The first-order chi connectivity index (χ1) is 12.6. The van der Waals surface area contributed by atoms with Gasteiger partial charge in [0, 0.05) is 11.1 Å². The first-order valence-corrected chi connectivity index (χ1v) is 7.44. The highest BCUT2D eigenvalue weighted by molar-refractivity contribution is 6.13. The van der Waals surface area contributed by atoms with Gasteiger partial charge in [-0.2, -0.15) is 26.3 Å². The highest BCUT2D eigenvalue weighted by atomic mass is 19.4. The third kappa shape index (κ3) is 2.90. The Morgan fingerprint density at radius 3 is 1.81 bits per heavy atom. The number of benzene rings is 2. The van der Waals surface area contributed by atoms with Crippen LogP contribution in [-0.4, -0.2) is 34.7 Å². The van der Waals surface area contributed by atoms with Crippen LogP contribution in [0.25, 0.3) is 0 Å². The second-order valence-corrected chi connectivity index (χ2v) is 5.52. The lowest BCUT2D eigenvalue weighted by molar-refractivity contribution is -0.402. The second-order valence-electron chi connectivity index (χ2n) is 5.52. The molecule has 2 aromatic carbocycles. The minimum Gasteiger partial charge on any atom is -0.344 e. The molecule has 1 amide bonds. The molecule has 2 aromatic rings. The molecule has 27 heavy (non-hydrogen) atoms. The summed E-state index contributed by atoms with van der Waals surface area (Å²) in [7, 11) is 0. The third-order valence-corrected chi connectivity index (χ3v) is 3.82. The van der Waals surface area contributed by atoms with Crippen LogP contribution in [0.5, 0.6) is 0 Å². The van der Waals surface area contributed by atoms with E-state index in [-0.39, 0.29) is 11.1 Å². The van der Waals surface area contributed by atoms with Crippen LogP contribution in [0.4, 0.5) is 26.3 Å². The monoisotopic (exact) mass is 388 g/mol. The molecular weight excluding hydrogens is 378 g/mol. The van der Waals surface area contributed by atoms with Crippen molar-refractivity contribution in [3.63, 3.8) is 0 Å². The van der Waals surface area contributed by atoms with E-state index in [0.29, 0.717) is 0 Å². The summed E-state index contributed by atoms with van der Waals surface area (Å²) < 4.78 is 81.7. The molecule has 4 nitrogen and oxygen atoms in total. The summed E-state index contributed by atoms with van der Waals surface area (Å²) in [6.45, 7) is 0. The Morgan fingerprint density at radius 1 is 0.852 bits per heavy atom. The van der Waals surface area contributed by atoms with Crippen molar-refractivity contribution in [2.45, 2.75) is 18.1 Å². The van der Waals surface area contributed by atoms with Gasteiger partial charge in [0.25, 0.3) is 5.91 Å². The maximum Gasteiger partial charge on any atom is 0.461 e. The predicted molar refractivity (Wildman–Crippen MR) is 81.5 cm³/mol. The summed E-state index contributed by atoms with van der Waals surface area (Å²) in [5.41, 5.74) is -5.46. The van der Waals surface area contributed by atoms with Crippen molar-refractivity contribution in [3.05, 3.63) is 71.8 Å². The minimum absolute atomic E-state index is 0.142. The van der Waals surface area contributed by atoms with Crippen molar-refractivity contribution < 1.29 is 36.0 Å². The van der Waals surface area contributed by atoms with Crippen molar-refractivity contribution >= 4 is 11.7 Å². The van der Waals surface area contributed by atoms with Gasteiger partial charge in [-0.05, 0) is 12.1 Å². The van der Waals surface area contributed by atoms with Crippen molar-refractivity contribution in [2.75, 3.05) is 0 Å². The van der Waals surface area contributed by atoms with Crippen LogP contribution >= 0.6 is 0 Å². The number of amidine groups is 1. The third-order valence-electron chi connectivity index (χ3n) is 3.82. The Morgan fingerprint density at radius 2 is 1.33 bits per heavy atom. The number of hydrogen-bond donors (Lipinski definition) is 0. The summed E-state index contributed by atoms with van der Waals surface area (Å²) in [4.78, 5) is 16.2. The Hall–Kier alpha value is -3.04. The van der Waals surface area contributed by atoms with Gasteiger partial charge in [0.1, 0.15) is 0 Å². The number of hydrogen-bond acceptors (Lipinski definition) is 3. The average Bonchev–Trinajstić information content (AvgIpc) is 3.04. The van der Waals surface area contributed by atoms with Gasteiger partial charge in [-0.3, -0.25) is 4.79 Å². The smallest absolute Gasteiger partial charge is 0.344 e. The van der Waals surface area contributed by atoms with E-state index in [4.69, 9.17) is 0 Å². The number of halogens is 6. The fraction of sp³-hybridized carbons (Fsp3) is 0.176. The summed E-state index contributed by atoms with van der Waals surface area (Å²) in [6, 6.07) is 13.0. The van der Waals surface area contributed by atoms with Crippen LogP contribution in [0.3, 0.4) is 0 Å². The van der Waals surface area contributed by atoms with Gasteiger partial charge in [0.15, 0.2) is 5.84 Å². The molecule has 1 heterocycles. The molecule has 0 fully saturated rings. The van der Waals surface area contributed by atoms with Crippen molar-refractivity contribution in [3.8, 4) is 0 Å². The van der Waals surface area contributed by atoms with Gasteiger partial charge in [-0.25, -0.2) is 4.90 Å². The predicted octanol–water partition coefficient (Wildman–Crippen LogP) is 4.34. The van der Waals surface area contributed by atoms with Crippen molar-refractivity contribution in [1.82, 2.24) is 4.90 Å². The number of carbonyl (C=O) groups excluding carboxylic acids is 1. The lowest BCUT2D eigenvalue weighted by Gasteiger charge is -2.37. The van der Waals surface area contributed by atoms with E-state index in [0.717, 1.165) is 12.1 Å². The van der Waals surface area contributed by atoms with E-state index in [1.165, 1.54) is 48.5 Å². The molecule has 142 valence electrons. The van der Waals surface area contributed by atoms with Gasteiger partial charge in [-0.15, -0.1) is 0 Å². The maximum atomic E-state index is 13.6. The lowest BCUT2D eigenvalue weighted by atomic mass is 10.1. The molecule has 10 heteroatoms. The first kappa shape index (κ1) is 18.7. The molecule has 0 unspecified atom stereocenters. The van der Waals surface area contributed by atoms with E-state index < -0.39 is 34.7 Å². The largest absolute Gasteiger partial charge is 0.461 e. The van der Waals surface area contributed by atoms with Gasteiger partial charge < -0.3 is 4.84 Å². The fourth-order valence-corrected chi connectivity index (χ4v) is 2.58. The zero-order valence-corrected chi connectivity index (χ0v) is 13.3. The minimum atomic E-state index is -6.00. The summed E-state index contributed by atoms with van der Waals surface area (Å²) in [5.74, 6) is -2.44. The fourth-order valence-electron chi connectivity index (χ4n) is 2.58. The van der Waals surface area contributed by atoms with E-state index >= 15 is 0 Å². The van der Waals surface area contributed by atoms with E-state index in [1.807, 2.05) is 0 Å². The van der Waals surface area contributed by atoms with Crippen LogP contribution in [0.2, 0.25) is 0 Å². The molecular formula is C17H10F6N2O2. The molecule has 0 radical (unpaired) electrons. The average molecular weight is 388 g/mol. The highest BCUT2D eigenvalue weighted by Crippen LogP contribution is 2.51. The molecule has 0 aliphatic carbocycles. The number of alkyl halides is 6. The van der Waals surface area contributed by atoms with E-state index in [2.05, 4.69) is 9.99 Å². The number of rotatable bonds is 2. The zero-order valence-electron chi connectivity index (χ0n) is 13.3. The zero-order chi connectivity index (χ0) is 19.9. The van der Waals surface area contributed by atoms with Gasteiger partial charge >= 0.3 is 18.1 Å². The summed E-state index contributed by atoms with van der Waals surface area (Å²) in [5, 5.41) is 3.00.